The van der Waals surface area contributed by atoms with E-state index in [1.165, 1.54) is 37.0 Å². The van der Waals surface area contributed by atoms with Crippen LogP contribution in [0.2, 0.25) is 0 Å². The average Bonchev–Trinajstić information content (AvgIpc) is 3.39. The number of piperidine rings is 1. The Morgan fingerprint density at radius 1 is 1.29 bits per heavy atom. The molecule has 186 valence electrons. The van der Waals surface area contributed by atoms with E-state index in [4.69, 9.17) is 4.74 Å². The second-order valence-corrected chi connectivity index (χ2v) is 11.4. The Balaban J connectivity index is 1.35. The number of carbonyl (C=O) groups excluding carboxylic acids is 1. The lowest BCUT2D eigenvalue weighted by atomic mass is 9.73. The number of hydrogen-bond donors (Lipinski definition) is 2. The van der Waals surface area contributed by atoms with Crippen molar-refractivity contribution in [1.82, 2.24) is 15.4 Å². The molecule has 2 aliphatic rings. The van der Waals surface area contributed by atoms with Gasteiger partial charge in [-0.25, -0.2) is 5.48 Å². The third kappa shape index (κ3) is 5.86. The molecule has 1 aliphatic carbocycles. The highest BCUT2D eigenvalue weighted by Gasteiger charge is 2.40. The van der Waals surface area contributed by atoms with Crippen LogP contribution in [0.1, 0.15) is 62.5 Å². The number of nitrogens with one attached hydrogen (secondary N) is 1. The third-order valence-electron chi connectivity index (χ3n) is 7.94. The van der Waals surface area contributed by atoms with Crippen LogP contribution in [-0.4, -0.2) is 58.7 Å². The first-order valence-corrected chi connectivity index (χ1v) is 13.8. The minimum atomic E-state index is -0.488. The van der Waals surface area contributed by atoms with E-state index in [9.17, 15) is 10.0 Å². The average molecular weight is 486 g/mol. The Morgan fingerprint density at radius 3 is 2.76 bits per heavy atom. The Bertz CT molecular complexity index is 969. The zero-order chi connectivity index (χ0) is 24.0. The van der Waals surface area contributed by atoms with E-state index in [1.54, 1.807) is 7.11 Å². The van der Waals surface area contributed by atoms with Gasteiger partial charge >= 0.3 is 0 Å². The quantitative estimate of drug-likeness (QED) is 0.359. The molecule has 4 rings (SSSR count). The lowest BCUT2D eigenvalue weighted by molar-refractivity contribution is -0.143. The summed E-state index contributed by atoms with van der Waals surface area (Å²) >= 11 is 2.13. The van der Waals surface area contributed by atoms with Gasteiger partial charge in [0.2, 0.25) is 5.91 Å². The second-order valence-electron chi connectivity index (χ2n) is 10.00. The maximum Gasteiger partial charge on any atom is 0.249 e. The number of benzene rings is 1. The number of nitrogens with zero attached hydrogens (tertiary/aromatic N) is 2. The number of hydroxylamine groups is 1. The summed E-state index contributed by atoms with van der Waals surface area (Å²) in [5.74, 6) is 1.79. The zero-order valence-electron chi connectivity index (χ0n) is 20.6. The number of pyridine rings is 1. The third-order valence-corrected chi connectivity index (χ3v) is 9.30. The summed E-state index contributed by atoms with van der Waals surface area (Å²) < 4.78 is 5.43. The molecule has 1 aliphatic heterocycles. The molecule has 0 radical (unpaired) electrons. The number of carbonyl (C=O) groups is 1. The molecule has 1 amide bonds. The van der Waals surface area contributed by atoms with E-state index in [1.807, 2.05) is 23.8 Å². The summed E-state index contributed by atoms with van der Waals surface area (Å²) in [5, 5.41) is 11.5. The molecule has 6 nitrogen and oxygen atoms in total. The van der Waals surface area contributed by atoms with E-state index in [0.717, 1.165) is 79.2 Å². The molecule has 1 saturated heterocycles. The molecule has 0 spiro atoms. The van der Waals surface area contributed by atoms with Gasteiger partial charge in [-0.1, -0.05) is 12.8 Å². The van der Waals surface area contributed by atoms with Crippen molar-refractivity contribution in [2.45, 2.75) is 70.0 Å². The van der Waals surface area contributed by atoms with Gasteiger partial charge in [0.05, 0.1) is 18.0 Å². The molecular weight excluding hydrogens is 446 g/mol. The molecule has 7 heteroatoms. The van der Waals surface area contributed by atoms with Gasteiger partial charge < -0.3 is 9.64 Å². The van der Waals surface area contributed by atoms with E-state index in [-0.39, 0.29) is 5.91 Å². The highest BCUT2D eigenvalue weighted by molar-refractivity contribution is 7.99. The normalized spacial score (nSPS) is 18.9. The SMILES string of the molecule is COc1ccc2ncc(C)c(CCCC3(C(=O)NO)CCN(CCSC4CCCC4)CC3)c2c1. The van der Waals surface area contributed by atoms with Gasteiger partial charge in [-0.05, 0) is 94.3 Å². The van der Waals surface area contributed by atoms with Gasteiger partial charge in [0.25, 0.3) is 0 Å². The van der Waals surface area contributed by atoms with Crippen LogP contribution in [0.3, 0.4) is 0 Å². The molecule has 0 atom stereocenters. The van der Waals surface area contributed by atoms with Gasteiger partial charge in [-0.15, -0.1) is 0 Å². The summed E-state index contributed by atoms with van der Waals surface area (Å²) in [6, 6.07) is 6.00. The molecule has 0 unspecified atom stereocenters. The lowest BCUT2D eigenvalue weighted by Gasteiger charge is -2.40. The van der Waals surface area contributed by atoms with Crippen molar-refractivity contribution in [1.29, 1.82) is 0 Å². The fourth-order valence-electron chi connectivity index (χ4n) is 5.71. The minimum Gasteiger partial charge on any atom is -0.497 e. The molecule has 2 aromatic rings. The van der Waals surface area contributed by atoms with Crippen molar-refractivity contribution in [2.75, 3.05) is 32.5 Å². The van der Waals surface area contributed by atoms with Gasteiger partial charge in [-0.2, -0.15) is 11.8 Å². The highest BCUT2D eigenvalue weighted by Crippen LogP contribution is 2.38. The summed E-state index contributed by atoms with van der Waals surface area (Å²) in [7, 11) is 1.68. The first-order chi connectivity index (χ1) is 16.5. The van der Waals surface area contributed by atoms with E-state index < -0.39 is 5.41 Å². The van der Waals surface area contributed by atoms with Crippen molar-refractivity contribution in [2.24, 2.45) is 5.41 Å². The van der Waals surface area contributed by atoms with Crippen molar-refractivity contribution < 1.29 is 14.7 Å². The molecule has 0 bridgehead atoms. The molecule has 2 N–H and O–H groups in total. The number of amides is 1. The summed E-state index contributed by atoms with van der Waals surface area (Å²) in [4.78, 5) is 19.8. The molecule has 1 saturated carbocycles. The van der Waals surface area contributed by atoms with Crippen LogP contribution in [0.4, 0.5) is 0 Å². The van der Waals surface area contributed by atoms with Crippen LogP contribution in [-0.2, 0) is 11.2 Å². The molecule has 2 heterocycles. The lowest BCUT2D eigenvalue weighted by Crippen LogP contribution is -2.48. The number of thioether (sulfide) groups is 1. The topological polar surface area (TPSA) is 74.7 Å². The van der Waals surface area contributed by atoms with Crippen molar-refractivity contribution in [3.8, 4) is 5.75 Å². The molecule has 34 heavy (non-hydrogen) atoms. The Morgan fingerprint density at radius 2 is 2.06 bits per heavy atom. The Kier molecular flexibility index (Phi) is 8.72. The summed E-state index contributed by atoms with van der Waals surface area (Å²) in [5.41, 5.74) is 4.90. The van der Waals surface area contributed by atoms with Gasteiger partial charge in [0.1, 0.15) is 5.75 Å². The zero-order valence-corrected chi connectivity index (χ0v) is 21.5. The first-order valence-electron chi connectivity index (χ1n) is 12.8. The number of fused-ring (bicyclic) bond motifs is 1. The summed E-state index contributed by atoms with van der Waals surface area (Å²) in [6.45, 7) is 5.04. The van der Waals surface area contributed by atoms with Crippen LogP contribution >= 0.6 is 11.8 Å². The predicted octanol–water partition coefficient (Wildman–Crippen LogP) is 5.14. The van der Waals surface area contributed by atoms with E-state index >= 15 is 0 Å². The number of hydrogen-bond acceptors (Lipinski definition) is 6. The number of likely N-dealkylation sites (tertiary alicyclic amines) is 1. The van der Waals surface area contributed by atoms with Crippen LogP contribution in [0, 0.1) is 12.3 Å². The maximum absolute atomic E-state index is 12.8. The fraction of sp³-hybridized carbons (Fsp3) is 0.630. The Labute approximate surface area is 207 Å². The van der Waals surface area contributed by atoms with Crippen molar-refractivity contribution in [3.05, 3.63) is 35.5 Å². The number of aromatic nitrogens is 1. The highest BCUT2D eigenvalue weighted by atomic mass is 32.2. The van der Waals surface area contributed by atoms with Crippen LogP contribution < -0.4 is 10.2 Å². The standard InChI is InChI=1S/C27H39N3O3S/c1-20-19-28-25-10-9-21(33-2)18-24(25)23(20)8-5-11-27(26(31)29-32)12-14-30(15-13-27)16-17-34-22-6-3-4-7-22/h9-10,18-19,22,32H,3-8,11-17H2,1-2H3,(H,29,31). The number of aryl methyl sites for hydroxylation is 2. The molecular formula is C27H39N3O3S. The molecule has 1 aromatic heterocycles. The Hall–Kier alpha value is -1.83. The van der Waals surface area contributed by atoms with Gasteiger partial charge in [0.15, 0.2) is 0 Å². The summed E-state index contributed by atoms with van der Waals surface area (Å²) in [6.07, 6.45) is 11.6. The van der Waals surface area contributed by atoms with Crippen LogP contribution in [0.25, 0.3) is 10.9 Å². The smallest absolute Gasteiger partial charge is 0.249 e. The van der Waals surface area contributed by atoms with Gasteiger partial charge in [0, 0.05) is 29.1 Å². The molecule has 2 fully saturated rings. The first kappa shape index (κ1) is 25.3. The largest absolute Gasteiger partial charge is 0.497 e. The van der Waals surface area contributed by atoms with E-state index in [0.29, 0.717) is 0 Å². The number of methoxy groups -OCH3 is 1. The second kappa shape index (κ2) is 11.7. The number of ether oxygens (including phenoxy) is 1. The van der Waals surface area contributed by atoms with E-state index in [2.05, 4.69) is 34.6 Å². The maximum atomic E-state index is 12.8. The van der Waals surface area contributed by atoms with Crippen LogP contribution in [0.5, 0.6) is 5.75 Å². The minimum absolute atomic E-state index is 0.217. The van der Waals surface area contributed by atoms with Crippen molar-refractivity contribution in [3.63, 3.8) is 0 Å². The van der Waals surface area contributed by atoms with Gasteiger partial charge in [-0.3, -0.25) is 15.0 Å². The molecule has 1 aromatic carbocycles. The predicted molar refractivity (Wildman–Crippen MR) is 139 cm³/mol. The monoisotopic (exact) mass is 485 g/mol. The fourth-order valence-corrected chi connectivity index (χ4v) is 7.07. The van der Waals surface area contributed by atoms with Crippen LogP contribution in [0.15, 0.2) is 24.4 Å². The van der Waals surface area contributed by atoms with Crippen molar-refractivity contribution >= 4 is 28.6 Å². The number of rotatable bonds is 10.